The molecule has 0 bridgehead atoms. The number of amides is 1. The molecule has 1 rings (SSSR count). The third-order valence-corrected chi connectivity index (χ3v) is 3.56. The van der Waals surface area contributed by atoms with Crippen molar-refractivity contribution in [3.05, 3.63) is 0 Å². The van der Waals surface area contributed by atoms with Crippen molar-refractivity contribution in [2.45, 2.75) is 59.1 Å². The zero-order chi connectivity index (χ0) is 18.0. The Morgan fingerprint density at radius 3 is 2.32 bits per heavy atom. The van der Waals surface area contributed by atoms with Crippen LogP contribution in [0.4, 0.5) is 4.79 Å². The van der Waals surface area contributed by atoms with Crippen molar-refractivity contribution in [1.29, 1.82) is 0 Å². The summed E-state index contributed by atoms with van der Waals surface area (Å²) in [6, 6.07) is 0.777. The summed E-state index contributed by atoms with van der Waals surface area (Å²) in [6.07, 6.45) is 2.26. The first kappa shape index (κ1) is 24.2. The number of aliphatic imine (C=N–C) groups is 1. The Bertz CT molecular complexity index is 408. The Morgan fingerprint density at radius 1 is 1.16 bits per heavy atom. The van der Waals surface area contributed by atoms with Gasteiger partial charge in [0.05, 0.1) is 6.54 Å². The molecule has 0 saturated heterocycles. The van der Waals surface area contributed by atoms with E-state index in [1.54, 1.807) is 0 Å². The molecule has 0 aromatic rings. The lowest BCUT2D eigenvalue weighted by molar-refractivity contribution is 0.0529. The predicted molar refractivity (Wildman–Crippen MR) is 114 cm³/mol. The highest BCUT2D eigenvalue weighted by Crippen LogP contribution is 2.25. The van der Waals surface area contributed by atoms with Gasteiger partial charge in [0.2, 0.25) is 0 Å². The third-order valence-electron chi connectivity index (χ3n) is 3.56. The van der Waals surface area contributed by atoms with Crippen LogP contribution in [-0.4, -0.2) is 67.9 Å². The van der Waals surface area contributed by atoms with Crippen LogP contribution in [0.2, 0.25) is 0 Å². The van der Waals surface area contributed by atoms with E-state index in [1.807, 2.05) is 27.7 Å². The number of hydrogen-bond donors (Lipinski definition) is 3. The van der Waals surface area contributed by atoms with Gasteiger partial charge in [0, 0.05) is 32.2 Å². The minimum Gasteiger partial charge on any atom is -0.444 e. The fourth-order valence-corrected chi connectivity index (χ4v) is 2.33. The molecule has 1 saturated carbocycles. The maximum atomic E-state index is 11.6. The molecule has 3 N–H and O–H groups in total. The fraction of sp³-hybridized carbons (Fsp3) is 0.882. The average Bonchev–Trinajstić information content (AvgIpc) is 3.30. The van der Waals surface area contributed by atoms with Gasteiger partial charge in [-0.15, -0.1) is 24.0 Å². The zero-order valence-corrected chi connectivity index (χ0v) is 18.7. The largest absolute Gasteiger partial charge is 0.444 e. The maximum absolute atomic E-state index is 11.6. The van der Waals surface area contributed by atoms with Crippen molar-refractivity contribution in [3.63, 3.8) is 0 Å². The van der Waals surface area contributed by atoms with E-state index in [1.165, 1.54) is 12.8 Å². The molecule has 0 aromatic carbocycles. The van der Waals surface area contributed by atoms with E-state index in [-0.39, 0.29) is 24.0 Å². The second kappa shape index (κ2) is 12.6. The molecule has 25 heavy (non-hydrogen) atoms. The number of guanidine groups is 1. The van der Waals surface area contributed by atoms with Crippen molar-refractivity contribution in [2.75, 3.05) is 39.3 Å². The summed E-state index contributed by atoms with van der Waals surface area (Å²) in [5, 5.41) is 9.18. The van der Waals surface area contributed by atoms with Crippen molar-refractivity contribution in [1.82, 2.24) is 20.9 Å². The Kier molecular flexibility index (Phi) is 12.2. The number of halogens is 1. The van der Waals surface area contributed by atoms with Gasteiger partial charge < -0.3 is 20.7 Å². The van der Waals surface area contributed by atoms with Crippen molar-refractivity contribution in [2.24, 2.45) is 4.99 Å². The average molecular weight is 469 g/mol. The molecular weight excluding hydrogens is 433 g/mol. The predicted octanol–water partition coefficient (Wildman–Crippen LogP) is 2.17. The number of rotatable bonds is 9. The molecule has 1 aliphatic carbocycles. The lowest BCUT2D eigenvalue weighted by Crippen LogP contribution is -2.42. The maximum Gasteiger partial charge on any atom is 0.407 e. The Balaban J connectivity index is 0.00000576. The number of carbonyl (C=O) groups excluding carboxylic acids is 1. The number of carbonyl (C=O) groups is 1. The highest BCUT2D eigenvalue weighted by atomic mass is 127. The minimum absolute atomic E-state index is 0. The van der Waals surface area contributed by atoms with Crippen LogP contribution in [0, 0.1) is 0 Å². The number of likely N-dealkylation sites (N-methyl/N-ethyl adjacent to an activating group) is 1. The lowest BCUT2D eigenvalue weighted by atomic mass is 10.2. The first-order chi connectivity index (χ1) is 11.4. The van der Waals surface area contributed by atoms with Gasteiger partial charge in [0.25, 0.3) is 0 Å². The molecule has 0 spiro atoms. The molecule has 0 radical (unpaired) electrons. The molecule has 148 valence electrons. The van der Waals surface area contributed by atoms with Crippen molar-refractivity contribution >= 4 is 36.0 Å². The fourth-order valence-electron chi connectivity index (χ4n) is 2.33. The summed E-state index contributed by atoms with van der Waals surface area (Å²) in [7, 11) is 0. The molecule has 7 nitrogen and oxygen atoms in total. The Labute approximate surface area is 169 Å². The number of nitrogens with one attached hydrogen (secondary N) is 3. The zero-order valence-electron chi connectivity index (χ0n) is 16.4. The summed E-state index contributed by atoms with van der Waals surface area (Å²) < 4.78 is 5.19. The summed E-state index contributed by atoms with van der Waals surface area (Å²) in [5.41, 5.74) is -0.472. The SMILES string of the molecule is CCNC(=NCCN(CC)C1CC1)NCCNC(=O)OC(C)(C)C.I. The first-order valence-electron chi connectivity index (χ1n) is 9.08. The van der Waals surface area contributed by atoms with Crippen molar-refractivity contribution in [3.8, 4) is 0 Å². The molecular formula is C17H36IN5O2. The van der Waals surface area contributed by atoms with Gasteiger partial charge in [-0.2, -0.15) is 0 Å². The molecule has 8 heteroatoms. The van der Waals surface area contributed by atoms with Crippen LogP contribution >= 0.6 is 24.0 Å². The number of alkyl carbamates (subject to hydrolysis) is 1. The highest BCUT2D eigenvalue weighted by Gasteiger charge is 2.27. The van der Waals surface area contributed by atoms with Crippen LogP contribution in [0.5, 0.6) is 0 Å². The normalized spacial score (nSPS) is 14.7. The topological polar surface area (TPSA) is 78.0 Å². The molecule has 0 atom stereocenters. The molecule has 0 unspecified atom stereocenters. The van der Waals surface area contributed by atoms with E-state index in [9.17, 15) is 4.79 Å². The van der Waals surface area contributed by atoms with Gasteiger partial charge >= 0.3 is 6.09 Å². The highest BCUT2D eigenvalue weighted by molar-refractivity contribution is 14.0. The van der Waals surface area contributed by atoms with Gasteiger partial charge in [-0.1, -0.05) is 6.92 Å². The quantitative estimate of drug-likeness (QED) is 0.209. The van der Waals surface area contributed by atoms with Crippen LogP contribution in [0.1, 0.15) is 47.5 Å². The van der Waals surface area contributed by atoms with Crippen LogP contribution in [0.25, 0.3) is 0 Å². The van der Waals surface area contributed by atoms with E-state index in [0.29, 0.717) is 13.1 Å². The van der Waals surface area contributed by atoms with Crippen LogP contribution in [0.15, 0.2) is 4.99 Å². The van der Waals surface area contributed by atoms with E-state index < -0.39 is 11.7 Å². The van der Waals surface area contributed by atoms with Gasteiger partial charge in [0.15, 0.2) is 5.96 Å². The third kappa shape index (κ3) is 12.3. The van der Waals surface area contributed by atoms with Crippen molar-refractivity contribution < 1.29 is 9.53 Å². The molecule has 0 aromatic heterocycles. The monoisotopic (exact) mass is 469 g/mol. The lowest BCUT2D eigenvalue weighted by Gasteiger charge is -2.20. The van der Waals surface area contributed by atoms with E-state index >= 15 is 0 Å². The van der Waals surface area contributed by atoms with Crippen LogP contribution < -0.4 is 16.0 Å². The second-order valence-corrected chi connectivity index (χ2v) is 6.98. The number of nitrogens with zero attached hydrogens (tertiary/aromatic N) is 2. The molecule has 1 amide bonds. The molecule has 0 aliphatic heterocycles. The summed E-state index contributed by atoms with van der Waals surface area (Å²) in [5.74, 6) is 0.787. The van der Waals surface area contributed by atoms with E-state index in [2.05, 4.69) is 32.8 Å². The van der Waals surface area contributed by atoms with Gasteiger partial charge in [-0.3, -0.25) is 9.89 Å². The smallest absolute Gasteiger partial charge is 0.407 e. The van der Waals surface area contributed by atoms with Gasteiger partial charge in [-0.25, -0.2) is 4.79 Å². The minimum atomic E-state index is -0.472. The molecule has 0 heterocycles. The Hall–Kier alpha value is -0.770. The number of hydrogen-bond acceptors (Lipinski definition) is 4. The summed E-state index contributed by atoms with van der Waals surface area (Å²) >= 11 is 0. The van der Waals surface area contributed by atoms with Crippen LogP contribution in [-0.2, 0) is 4.74 Å². The van der Waals surface area contributed by atoms with Gasteiger partial charge in [0.1, 0.15) is 5.60 Å². The van der Waals surface area contributed by atoms with E-state index in [4.69, 9.17) is 4.74 Å². The summed E-state index contributed by atoms with van der Waals surface area (Å²) in [6.45, 7) is 14.6. The molecule has 1 aliphatic rings. The van der Waals surface area contributed by atoms with E-state index in [0.717, 1.165) is 38.2 Å². The standard InChI is InChI=1S/C17H35N5O2.HI/c1-6-18-15(20-12-13-22(7-2)14-8-9-14)19-10-11-21-16(23)24-17(3,4)5;/h14H,6-13H2,1-5H3,(H,21,23)(H2,18,19,20);1H. The molecule has 1 fully saturated rings. The van der Waals surface area contributed by atoms with Crippen LogP contribution in [0.3, 0.4) is 0 Å². The number of ether oxygens (including phenoxy) is 1. The summed E-state index contributed by atoms with van der Waals surface area (Å²) in [4.78, 5) is 18.6. The second-order valence-electron chi connectivity index (χ2n) is 6.98. The Morgan fingerprint density at radius 2 is 1.80 bits per heavy atom. The first-order valence-corrected chi connectivity index (χ1v) is 9.08. The van der Waals surface area contributed by atoms with Gasteiger partial charge in [-0.05, 0) is 47.1 Å².